The monoisotopic (exact) mass is 327 g/mol. The van der Waals surface area contributed by atoms with Crippen LogP contribution in [0.25, 0.3) is 0 Å². The van der Waals surface area contributed by atoms with Gasteiger partial charge in [0.1, 0.15) is 0 Å². The number of carbonyl (C=O) groups excluding carboxylic acids is 1. The highest BCUT2D eigenvalue weighted by molar-refractivity contribution is 7.99. The summed E-state index contributed by atoms with van der Waals surface area (Å²) in [5, 5.41) is 3.08. The first kappa shape index (κ1) is 17.6. The Balaban J connectivity index is 1.81. The maximum atomic E-state index is 12.1. The van der Waals surface area contributed by atoms with E-state index in [1.165, 1.54) is 22.3 Å². The average molecular weight is 327 g/mol. The molecule has 2 rings (SSSR count). The summed E-state index contributed by atoms with van der Waals surface area (Å²) in [6, 6.07) is 14.8. The van der Waals surface area contributed by atoms with Gasteiger partial charge in [0.25, 0.3) is 0 Å². The molecule has 0 saturated carbocycles. The lowest BCUT2D eigenvalue weighted by Gasteiger charge is -2.15. The lowest BCUT2D eigenvalue weighted by Crippen LogP contribution is -2.28. The molecule has 2 aromatic carbocycles. The van der Waals surface area contributed by atoms with Gasteiger partial charge in [0, 0.05) is 5.75 Å². The van der Waals surface area contributed by atoms with Crippen LogP contribution in [-0.2, 0) is 10.5 Å². The van der Waals surface area contributed by atoms with Crippen LogP contribution in [0.15, 0.2) is 42.5 Å². The van der Waals surface area contributed by atoms with E-state index in [9.17, 15) is 4.79 Å². The van der Waals surface area contributed by atoms with Gasteiger partial charge < -0.3 is 5.32 Å². The van der Waals surface area contributed by atoms with Crippen LogP contribution in [0.4, 0.5) is 0 Å². The Morgan fingerprint density at radius 2 is 1.87 bits per heavy atom. The maximum Gasteiger partial charge on any atom is 0.230 e. The summed E-state index contributed by atoms with van der Waals surface area (Å²) in [7, 11) is 0. The molecular weight excluding hydrogens is 302 g/mol. The lowest BCUT2D eigenvalue weighted by molar-refractivity contribution is -0.119. The quantitative estimate of drug-likeness (QED) is 0.831. The van der Waals surface area contributed by atoms with E-state index in [0.717, 1.165) is 11.3 Å². The highest BCUT2D eigenvalue weighted by Gasteiger charge is 2.10. The summed E-state index contributed by atoms with van der Waals surface area (Å²) >= 11 is 1.65. The molecule has 0 spiro atoms. The van der Waals surface area contributed by atoms with E-state index in [-0.39, 0.29) is 11.9 Å². The molecule has 0 saturated heterocycles. The minimum Gasteiger partial charge on any atom is -0.349 e. The summed E-state index contributed by atoms with van der Waals surface area (Å²) in [5.74, 6) is 1.45. The smallest absolute Gasteiger partial charge is 0.230 e. The Bertz CT molecular complexity index is 681. The van der Waals surface area contributed by atoms with E-state index < -0.39 is 0 Å². The zero-order chi connectivity index (χ0) is 16.8. The van der Waals surface area contributed by atoms with Crippen molar-refractivity contribution >= 4 is 17.7 Å². The van der Waals surface area contributed by atoms with Crippen molar-refractivity contribution in [3.8, 4) is 0 Å². The molecule has 0 aromatic heterocycles. The van der Waals surface area contributed by atoms with Crippen molar-refractivity contribution in [2.75, 3.05) is 5.75 Å². The number of hydrogen-bond acceptors (Lipinski definition) is 2. The molecule has 23 heavy (non-hydrogen) atoms. The van der Waals surface area contributed by atoms with Crippen molar-refractivity contribution in [3.63, 3.8) is 0 Å². The Kier molecular flexibility index (Phi) is 6.28. The number of thioether (sulfide) groups is 1. The summed E-state index contributed by atoms with van der Waals surface area (Å²) in [5.41, 5.74) is 6.23. The van der Waals surface area contributed by atoms with Gasteiger partial charge in [-0.15, -0.1) is 11.8 Å². The van der Waals surface area contributed by atoms with E-state index in [0.29, 0.717) is 5.75 Å². The Labute approximate surface area is 143 Å². The third kappa shape index (κ3) is 5.43. The fourth-order valence-electron chi connectivity index (χ4n) is 2.46. The molecule has 0 radical (unpaired) electrons. The van der Waals surface area contributed by atoms with Gasteiger partial charge in [0.15, 0.2) is 0 Å². The van der Waals surface area contributed by atoms with Crippen LogP contribution >= 0.6 is 11.8 Å². The highest BCUT2D eigenvalue weighted by atomic mass is 32.2. The standard InChI is InChI=1S/C20H25NOS/c1-14-6-5-7-18(10-14)12-23-13-20(22)21-17(4)19-9-8-15(2)16(3)11-19/h5-11,17H,12-13H2,1-4H3,(H,21,22)/t17-/m1/s1. The second-order valence-corrected chi connectivity index (χ2v) is 7.10. The van der Waals surface area contributed by atoms with Gasteiger partial charge in [0.05, 0.1) is 11.8 Å². The van der Waals surface area contributed by atoms with Crippen LogP contribution in [-0.4, -0.2) is 11.7 Å². The van der Waals surface area contributed by atoms with E-state index in [1.807, 2.05) is 6.92 Å². The summed E-state index contributed by atoms with van der Waals surface area (Å²) in [6.07, 6.45) is 0. The second kappa shape index (κ2) is 8.21. The van der Waals surface area contributed by atoms with Crippen molar-refractivity contribution in [1.82, 2.24) is 5.32 Å². The number of amides is 1. The Morgan fingerprint density at radius 1 is 1.09 bits per heavy atom. The molecule has 122 valence electrons. The van der Waals surface area contributed by atoms with Crippen LogP contribution < -0.4 is 5.32 Å². The van der Waals surface area contributed by atoms with Gasteiger partial charge in [-0.1, -0.05) is 48.0 Å². The van der Waals surface area contributed by atoms with Crippen molar-refractivity contribution in [2.24, 2.45) is 0 Å². The zero-order valence-electron chi connectivity index (χ0n) is 14.3. The van der Waals surface area contributed by atoms with Crippen LogP contribution in [0.2, 0.25) is 0 Å². The number of aryl methyl sites for hydroxylation is 3. The van der Waals surface area contributed by atoms with Crippen LogP contribution in [0.1, 0.15) is 40.8 Å². The van der Waals surface area contributed by atoms with Crippen molar-refractivity contribution in [2.45, 2.75) is 39.5 Å². The normalized spacial score (nSPS) is 12.0. The summed E-state index contributed by atoms with van der Waals surface area (Å²) < 4.78 is 0. The molecule has 2 nitrogen and oxygen atoms in total. The van der Waals surface area contributed by atoms with E-state index >= 15 is 0 Å². The lowest BCUT2D eigenvalue weighted by atomic mass is 10.0. The molecule has 3 heteroatoms. The first-order valence-electron chi connectivity index (χ1n) is 7.95. The molecule has 0 unspecified atom stereocenters. The van der Waals surface area contributed by atoms with Crippen molar-refractivity contribution < 1.29 is 4.79 Å². The second-order valence-electron chi connectivity index (χ2n) is 6.11. The van der Waals surface area contributed by atoms with Gasteiger partial charge in [0.2, 0.25) is 5.91 Å². The zero-order valence-corrected chi connectivity index (χ0v) is 15.2. The third-order valence-electron chi connectivity index (χ3n) is 3.99. The van der Waals surface area contributed by atoms with Crippen molar-refractivity contribution in [3.05, 3.63) is 70.3 Å². The molecule has 0 heterocycles. The first-order valence-corrected chi connectivity index (χ1v) is 9.11. The van der Waals surface area contributed by atoms with Crippen LogP contribution in [0, 0.1) is 20.8 Å². The van der Waals surface area contributed by atoms with Gasteiger partial charge in [-0.25, -0.2) is 0 Å². The summed E-state index contributed by atoms with van der Waals surface area (Å²) in [6.45, 7) is 8.33. The fourth-order valence-corrected chi connectivity index (χ4v) is 3.25. The minimum absolute atomic E-state index is 0.0429. The third-order valence-corrected chi connectivity index (χ3v) is 5.00. The largest absolute Gasteiger partial charge is 0.349 e. The highest BCUT2D eigenvalue weighted by Crippen LogP contribution is 2.18. The molecule has 1 atom stereocenters. The Hall–Kier alpha value is -1.74. The first-order chi connectivity index (χ1) is 11.0. The molecular formula is C20H25NOS. The Morgan fingerprint density at radius 3 is 2.57 bits per heavy atom. The molecule has 2 aromatic rings. The van der Waals surface area contributed by atoms with Gasteiger partial charge in [-0.3, -0.25) is 4.79 Å². The van der Waals surface area contributed by atoms with E-state index in [1.54, 1.807) is 11.8 Å². The number of nitrogens with one attached hydrogen (secondary N) is 1. The van der Waals surface area contributed by atoms with E-state index in [2.05, 4.69) is 68.6 Å². The topological polar surface area (TPSA) is 29.1 Å². The van der Waals surface area contributed by atoms with Gasteiger partial charge in [-0.05, 0) is 49.9 Å². The van der Waals surface area contributed by atoms with Gasteiger partial charge >= 0.3 is 0 Å². The molecule has 0 aliphatic carbocycles. The average Bonchev–Trinajstić information content (AvgIpc) is 2.50. The van der Waals surface area contributed by atoms with Crippen molar-refractivity contribution in [1.29, 1.82) is 0 Å². The van der Waals surface area contributed by atoms with Gasteiger partial charge in [-0.2, -0.15) is 0 Å². The number of benzene rings is 2. The fraction of sp³-hybridized carbons (Fsp3) is 0.350. The number of rotatable bonds is 6. The summed E-state index contributed by atoms with van der Waals surface area (Å²) in [4.78, 5) is 12.1. The van der Waals surface area contributed by atoms with Crippen LogP contribution in [0.5, 0.6) is 0 Å². The SMILES string of the molecule is Cc1cccc(CSCC(=O)N[C@H](C)c2ccc(C)c(C)c2)c1. The maximum absolute atomic E-state index is 12.1. The molecule has 0 aliphatic rings. The predicted molar refractivity (Wildman–Crippen MR) is 99.8 cm³/mol. The number of carbonyl (C=O) groups is 1. The molecule has 0 bridgehead atoms. The molecule has 0 aliphatic heterocycles. The molecule has 1 N–H and O–H groups in total. The minimum atomic E-state index is 0.0429. The van der Waals surface area contributed by atoms with E-state index in [4.69, 9.17) is 0 Å². The molecule has 1 amide bonds. The number of hydrogen-bond donors (Lipinski definition) is 1. The molecule has 0 fully saturated rings. The van der Waals surface area contributed by atoms with Crippen LogP contribution in [0.3, 0.4) is 0 Å². The predicted octanol–water partition coefficient (Wildman–Crippen LogP) is 4.72.